The van der Waals surface area contributed by atoms with E-state index in [1.807, 2.05) is 0 Å². The van der Waals surface area contributed by atoms with Gasteiger partial charge in [-0.05, 0) is 38.6 Å². The van der Waals surface area contributed by atoms with Gasteiger partial charge in [0.05, 0.1) is 12.6 Å². The minimum absolute atomic E-state index is 0.415. The van der Waals surface area contributed by atoms with E-state index in [0.29, 0.717) is 6.04 Å². The van der Waals surface area contributed by atoms with E-state index in [1.165, 1.54) is 12.2 Å². The monoisotopic (exact) mass is 240 g/mol. The summed E-state index contributed by atoms with van der Waals surface area (Å²) in [4.78, 5) is 2.47. The van der Waals surface area contributed by atoms with Crippen LogP contribution in [0.15, 0.2) is 11.8 Å². The van der Waals surface area contributed by atoms with Crippen LogP contribution in [-0.2, 0) is 4.74 Å². The van der Waals surface area contributed by atoms with Gasteiger partial charge in [0.25, 0.3) is 0 Å². The summed E-state index contributed by atoms with van der Waals surface area (Å²) >= 11 is 0. The van der Waals surface area contributed by atoms with Gasteiger partial charge in [0, 0.05) is 13.0 Å². The second-order valence-electron chi connectivity index (χ2n) is 4.57. The predicted molar refractivity (Wildman–Crippen MR) is 73.1 cm³/mol. The van der Waals surface area contributed by atoms with Crippen LogP contribution in [-0.4, -0.2) is 43.7 Å². The first kappa shape index (κ1) is 14.5. The molecule has 100 valence electrons. The summed E-state index contributed by atoms with van der Waals surface area (Å²) in [7, 11) is 0. The Morgan fingerprint density at radius 3 is 2.65 bits per heavy atom. The summed E-state index contributed by atoms with van der Waals surface area (Å²) in [6, 6.07) is 0.415. The van der Waals surface area contributed by atoms with E-state index in [4.69, 9.17) is 4.74 Å². The van der Waals surface area contributed by atoms with E-state index in [2.05, 4.69) is 37.1 Å². The lowest BCUT2D eigenvalue weighted by atomic mass is 10.1. The van der Waals surface area contributed by atoms with Crippen molar-refractivity contribution in [3.63, 3.8) is 0 Å². The molecule has 17 heavy (non-hydrogen) atoms. The fourth-order valence-electron chi connectivity index (χ4n) is 2.19. The molecule has 0 aliphatic carbocycles. The first-order chi connectivity index (χ1) is 8.31. The first-order valence-electron chi connectivity index (χ1n) is 7.10. The highest BCUT2D eigenvalue weighted by Crippen LogP contribution is 2.16. The van der Waals surface area contributed by atoms with Crippen molar-refractivity contribution in [3.05, 3.63) is 11.8 Å². The first-order valence-corrected chi connectivity index (χ1v) is 7.10. The third-order valence-corrected chi connectivity index (χ3v) is 3.34. The quantitative estimate of drug-likeness (QED) is 0.670. The maximum absolute atomic E-state index is 5.69. The summed E-state index contributed by atoms with van der Waals surface area (Å²) in [5, 5.41) is 3.59. The number of rotatable bonds is 9. The van der Waals surface area contributed by atoms with Gasteiger partial charge in [-0.25, -0.2) is 0 Å². The van der Waals surface area contributed by atoms with Gasteiger partial charge in [-0.1, -0.05) is 20.8 Å². The second-order valence-corrected chi connectivity index (χ2v) is 4.57. The zero-order valence-electron chi connectivity index (χ0n) is 11.7. The van der Waals surface area contributed by atoms with E-state index in [0.717, 1.165) is 45.6 Å². The van der Waals surface area contributed by atoms with Gasteiger partial charge < -0.3 is 15.0 Å². The molecule has 3 nitrogen and oxygen atoms in total. The molecule has 0 spiro atoms. The van der Waals surface area contributed by atoms with Crippen molar-refractivity contribution in [1.29, 1.82) is 0 Å². The molecule has 0 radical (unpaired) electrons. The fourth-order valence-corrected chi connectivity index (χ4v) is 2.19. The van der Waals surface area contributed by atoms with Crippen molar-refractivity contribution in [2.45, 2.75) is 46.1 Å². The molecule has 1 N–H and O–H groups in total. The highest BCUT2D eigenvalue weighted by molar-refractivity contribution is 5.07. The van der Waals surface area contributed by atoms with Crippen LogP contribution >= 0.6 is 0 Å². The van der Waals surface area contributed by atoms with Crippen molar-refractivity contribution in [1.82, 2.24) is 10.2 Å². The molecule has 0 aromatic carbocycles. The lowest BCUT2D eigenvalue weighted by Gasteiger charge is -2.24. The van der Waals surface area contributed by atoms with Crippen molar-refractivity contribution < 1.29 is 4.74 Å². The molecule has 1 aliphatic heterocycles. The predicted octanol–water partition coefficient (Wildman–Crippen LogP) is 2.39. The van der Waals surface area contributed by atoms with Crippen LogP contribution in [0.5, 0.6) is 0 Å². The van der Waals surface area contributed by atoms with Gasteiger partial charge in [0.1, 0.15) is 5.76 Å². The highest BCUT2D eigenvalue weighted by Gasteiger charge is 2.18. The van der Waals surface area contributed by atoms with Crippen molar-refractivity contribution >= 4 is 0 Å². The van der Waals surface area contributed by atoms with Crippen LogP contribution in [0.3, 0.4) is 0 Å². The van der Waals surface area contributed by atoms with Crippen LogP contribution < -0.4 is 5.32 Å². The summed E-state index contributed by atoms with van der Waals surface area (Å²) in [5.41, 5.74) is 0. The Hall–Kier alpha value is -0.540. The van der Waals surface area contributed by atoms with Crippen molar-refractivity contribution in [3.8, 4) is 0 Å². The number of ether oxygens (including phenoxy) is 1. The van der Waals surface area contributed by atoms with Gasteiger partial charge >= 0.3 is 0 Å². The summed E-state index contributed by atoms with van der Waals surface area (Å²) < 4.78 is 5.69. The lowest BCUT2D eigenvalue weighted by Crippen LogP contribution is -2.36. The number of hydrogen-bond donors (Lipinski definition) is 1. The molecule has 0 bridgehead atoms. The SMILES string of the molecule is CCCNC(CCN(CC)CC)C1=CCCO1. The Morgan fingerprint density at radius 2 is 2.12 bits per heavy atom. The van der Waals surface area contributed by atoms with Crippen molar-refractivity contribution in [2.75, 3.05) is 32.8 Å². The lowest BCUT2D eigenvalue weighted by molar-refractivity contribution is 0.201. The Morgan fingerprint density at radius 1 is 1.35 bits per heavy atom. The number of nitrogens with one attached hydrogen (secondary N) is 1. The van der Waals surface area contributed by atoms with E-state index in [9.17, 15) is 0 Å². The molecule has 1 rings (SSSR count). The maximum Gasteiger partial charge on any atom is 0.109 e. The van der Waals surface area contributed by atoms with E-state index in [-0.39, 0.29) is 0 Å². The molecule has 1 unspecified atom stereocenters. The average Bonchev–Trinajstić information content (AvgIpc) is 2.87. The standard InChI is InChI=1S/C14H28N2O/c1-4-10-15-13(14-8-7-12-17-14)9-11-16(5-2)6-3/h8,13,15H,4-7,9-12H2,1-3H3. The largest absolute Gasteiger partial charge is 0.496 e. The Kier molecular flexibility index (Phi) is 7.29. The van der Waals surface area contributed by atoms with E-state index in [1.54, 1.807) is 0 Å². The molecular formula is C14H28N2O. The van der Waals surface area contributed by atoms with Crippen LogP contribution in [0, 0.1) is 0 Å². The minimum Gasteiger partial charge on any atom is -0.496 e. The third kappa shape index (κ3) is 5.09. The Labute approximate surface area is 106 Å². The molecule has 0 aromatic rings. The molecule has 0 amide bonds. The van der Waals surface area contributed by atoms with Gasteiger partial charge in [-0.3, -0.25) is 0 Å². The maximum atomic E-state index is 5.69. The van der Waals surface area contributed by atoms with Crippen molar-refractivity contribution in [2.24, 2.45) is 0 Å². The molecule has 1 atom stereocenters. The summed E-state index contributed by atoms with van der Waals surface area (Å²) in [5.74, 6) is 1.17. The normalized spacial score (nSPS) is 17.1. The van der Waals surface area contributed by atoms with Crippen LogP contribution in [0.1, 0.15) is 40.0 Å². The van der Waals surface area contributed by atoms with Gasteiger partial charge in [0.15, 0.2) is 0 Å². The topological polar surface area (TPSA) is 24.5 Å². The Balaban J connectivity index is 2.39. The summed E-state index contributed by atoms with van der Waals surface area (Å²) in [6.45, 7) is 12.0. The van der Waals surface area contributed by atoms with Gasteiger partial charge in [-0.2, -0.15) is 0 Å². The van der Waals surface area contributed by atoms with E-state index < -0.39 is 0 Å². The highest BCUT2D eigenvalue weighted by atomic mass is 16.5. The molecule has 0 saturated heterocycles. The van der Waals surface area contributed by atoms with Crippen LogP contribution in [0.2, 0.25) is 0 Å². The molecular weight excluding hydrogens is 212 g/mol. The molecule has 0 aromatic heterocycles. The molecule has 1 heterocycles. The van der Waals surface area contributed by atoms with Gasteiger partial charge in [0.2, 0.25) is 0 Å². The fraction of sp³-hybridized carbons (Fsp3) is 0.857. The minimum atomic E-state index is 0.415. The molecule has 3 heteroatoms. The number of hydrogen-bond acceptors (Lipinski definition) is 3. The zero-order valence-corrected chi connectivity index (χ0v) is 11.7. The molecule has 0 fully saturated rings. The van der Waals surface area contributed by atoms with Gasteiger partial charge in [-0.15, -0.1) is 0 Å². The second kappa shape index (κ2) is 8.54. The Bertz CT molecular complexity index is 224. The smallest absolute Gasteiger partial charge is 0.109 e. The third-order valence-electron chi connectivity index (χ3n) is 3.34. The van der Waals surface area contributed by atoms with E-state index >= 15 is 0 Å². The van der Waals surface area contributed by atoms with Crippen LogP contribution in [0.25, 0.3) is 0 Å². The summed E-state index contributed by atoms with van der Waals surface area (Å²) in [6.07, 6.45) is 5.64. The molecule has 0 saturated carbocycles. The van der Waals surface area contributed by atoms with Crippen LogP contribution in [0.4, 0.5) is 0 Å². The zero-order chi connectivity index (χ0) is 12.5. The molecule has 1 aliphatic rings. The number of nitrogens with zero attached hydrogens (tertiary/aromatic N) is 1. The average molecular weight is 240 g/mol.